The third kappa shape index (κ3) is 5.13. The van der Waals surface area contributed by atoms with E-state index in [9.17, 15) is 25.3 Å². The molecule has 0 aliphatic carbocycles. The van der Waals surface area contributed by atoms with Gasteiger partial charge in [-0.1, -0.05) is 13.3 Å². The molecule has 2 rings (SSSR count). The largest absolute Gasteiger partial charge is 0.632 e. The molecule has 28 heavy (non-hydrogen) atoms. The van der Waals surface area contributed by atoms with E-state index in [0.29, 0.717) is 13.0 Å². The van der Waals surface area contributed by atoms with E-state index in [1.807, 2.05) is 0 Å². The van der Waals surface area contributed by atoms with Crippen LogP contribution in [0.1, 0.15) is 33.1 Å². The first-order valence-electron chi connectivity index (χ1n) is 9.76. The molecule has 0 aromatic heterocycles. The van der Waals surface area contributed by atoms with E-state index in [4.69, 9.17) is 16.3 Å². The molecule has 2 heterocycles. The fourth-order valence-electron chi connectivity index (χ4n) is 4.31. The van der Waals surface area contributed by atoms with Crippen molar-refractivity contribution in [2.24, 2.45) is 5.92 Å². The first-order valence-corrected chi connectivity index (χ1v) is 11.5. The molecule has 2 aliphatic heterocycles. The Labute approximate surface area is 175 Å². The van der Waals surface area contributed by atoms with Crippen LogP contribution in [0.5, 0.6) is 0 Å². The van der Waals surface area contributed by atoms with Gasteiger partial charge in [0.25, 0.3) is 5.91 Å². The van der Waals surface area contributed by atoms with Crippen LogP contribution < -0.4 is 5.32 Å². The Hall–Kier alpha value is -0.130. The van der Waals surface area contributed by atoms with Crippen LogP contribution >= 0.6 is 23.4 Å². The smallest absolute Gasteiger partial charge is 0.279 e. The normalized spacial score (nSPS) is 43.5. The number of carbonyl (C=O) groups is 1. The van der Waals surface area contributed by atoms with Gasteiger partial charge in [0.2, 0.25) is 0 Å². The lowest BCUT2D eigenvalue weighted by atomic mass is 9.92. The van der Waals surface area contributed by atoms with Gasteiger partial charge in [0.1, 0.15) is 29.9 Å². The van der Waals surface area contributed by atoms with Crippen LogP contribution in [0.2, 0.25) is 0 Å². The third-order valence-corrected chi connectivity index (χ3v) is 6.96. The number of nitrogens with one attached hydrogen (secondary N) is 1. The van der Waals surface area contributed by atoms with Crippen molar-refractivity contribution in [2.75, 3.05) is 19.8 Å². The topological polar surface area (TPSA) is 122 Å². The zero-order valence-electron chi connectivity index (χ0n) is 16.8. The number of ether oxygens (including phenoxy) is 1. The van der Waals surface area contributed by atoms with Gasteiger partial charge in [-0.05, 0) is 19.6 Å². The molecule has 8 nitrogen and oxygen atoms in total. The molecular weight excluding hydrogens is 408 g/mol. The molecule has 0 bridgehead atoms. The molecule has 0 aromatic carbocycles. The third-order valence-electron chi connectivity index (χ3n) is 5.83. The maximum Gasteiger partial charge on any atom is 0.279 e. The fraction of sp³-hybridized carbons (Fsp3) is 0.944. The number of amides is 1. The van der Waals surface area contributed by atoms with Crippen LogP contribution in [-0.2, 0) is 9.53 Å². The molecule has 4 N–H and O–H groups in total. The number of carbonyl (C=O) groups excluding carboxylic acids is 1. The van der Waals surface area contributed by atoms with E-state index >= 15 is 0 Å². The van der Waals surface area contributed by atoms with Crippen molar-refractivity contribution in [1.29, 1.82) is 0 Å². The van der Waals surface area contributed by atoms with Crippen molar-refractivity contribution in [3.05, 3.63) is 5.21 Å². The Bertz CT molecular complexity index is 538. The van der Waals surface area contributed by atoms with E-state index < -0.39 is 57.9 Å². The number of aliphatic hydroxyl groups is 3. The second-order valence-corrected chi connectivity index (χ2v) is 9.78. The minimum atomic E-state index is -1.42. The summed E-state index contributed by atoms with van der Waals surface area (Å²) < 4.78 is 5.11. The summed E-state index contributed by atoms with van der Waals surface area (Å²) in [5.74, 6) is -0.227. The average Bonchev–Trinajstić information content (AvgIpc) is 2.92. The summed E-state index contributed by atoms with van der Waals surface area (Å²) in [6, 6.07) is -1.58. The summed E-state index contributed by atoms with van der Waals surface area (Å²) in [5.41, 5.74) is -0.765. The predicted molar refractivity (Wildman–Crippen MR) is 109 cm³/mol. The Kier molecular flexibility index (Phi) is 8.44. The Morgan fingerprint density at radius 3 is 2.54 bits per heavy atom. The number of aliphatic hydroxyl groups excluding tert-OH is 3. The highest BCUT2D eigenvalue weighted by molar-refractivity contribution is 7.99. The molecule has 0 radical (unpaired) electrons. The Balaban J connectivity index is 2.15. The number of likely N-dealkylation sites (N-methyl/N-ethyl adjacent to an activating group) is 1. The second kappa shape index (κ2) is 9.78. The molecular formula is C18H33ClN2O6S. The first kappa shape index (κ1) is 24.1. The zero-order valence-corrected chi connectivity index (χ0v) is 18.4. The summed E-state index contributed by atoms with van der Waals surface area (Å²) in [6.45, 7) is 4.10. The number of quaternary nitrogens is 1. The molecule has 10 atom stereocenters. The standard InChI is InChI=1S/C18H33ClN2O6S/c1-5-6-10-7-11(21(3,26)8-10)17(25)20-12(9(2)19)16-14(23)13(22)15(24)18(27-16)28-4/h9-16,18,22-24H,5-8H2,1-4H3,(H,20,25)/t9-,10+,11-,12+,13-,14+,15+,16+,18+,21?/m0/s1. The summed E-state index contributed by atoms with van der Waals surface area (Å²) in [6.07, 6.45) is -1.04. The monoisotopic (exact) mass is 440 g/mol. The Morgan fingerprint density at radius 2 is 2.00 bits per heavy atom. The quantitative estimate of drug-likeness (QED) is 0.257. The highest BCUT2D eigenvalue weighted by atomic mass is 35.5. The zero-order chi connectivity index (χ0) is 21.2. The highest BCUT2D eigenvalue weighted by Crippen LogP contribution is 2.33. The highest BCUT2D eigenvalue weighted by Gasteiger charge is 2.49. The van der Waals surface area contributed by atoms with Crippen LogP contribution in [0.15, 0.2) is 0 Å². The number of halogens is 1. The molecule has 0 saturated carbocycles. The predicted octanol–water partition coefficient (Wildman–Crippen LogP) is 0.402. The maximum absolute atomic E-state index is 12.9. The molecule has 2 fully saturated rings. The van der Waals surface area contributed by atoms with E-state index in [1.54, 1.807) is 13.2 Å². The van der Waals surface area contributed by atoms with Gasteiger partial charge in [-0.15, -0.1) is 23.4 Å². The number of likely N-dealkylation sites (tertiary alicyclic amines) is 1. The minimum absolute atomic E-state index is 0.199. The van der Waals surface area contributed by atoms with E-state index in [2.05, 4.69) is 12.2 Å². The maximum atomic E-state index is 12.9. The summed E-state index contributed by atoms with van der Waals surface area (Å²) in [7, 11) is 1.51. The first-order chi connectivity index (χ1) is 13.0. The van der Waals surface area contributed by atoms with Crippen LogP contribution in [0.3, 0.4) is 0 Å². The van der Waals surface area contributed by atoms with Gasteiger partial charge in [-0.2, -0.15) is 0 Å². The SMILES string of the molecule is CCC[C@@H]1C[C@@H](C(=O)N[C@@H]([C@H]2O[C@H](SC)[C@H](O)[C@@H](O)[C@H]2O)[C@H](C)Cl)[N+](C)([O-])C1. The molecule has 2 saturated heterocycles. The van der Waals surface area contributed by atoms with E-state index in [1.165, 1.54) is 18.8 Å². The molecule has 164 valence electrons. The van der Waals surface area contributed by atoms with Crippen LogP contribution in [0.25, 0.3) is 0 Å². The average molecular weight is 441 g/mol. The van der Waals surface area contributed by atoms with Gasteiger partial charge in [0.05, 0.1) is 25.0 Å². The fourth-order valence-corrected chi connectivity index (χ4v) is 5.20. The van der Waals surface area contributed by atoms with Crippen molar-refractivity contribution in [2.45, 2.75) is 80.4 Å². The van der Waals surface area contributed by atoms with Crippen molar-refractivity contribution in [3.8, 4) is 0 Å². The van der Waals surface area contributed by atoms with Crippen LogP contribution in [0, 0.1) is 11.1 Å². The minimum Gasteiger partial charge on any atom is -0.632 e. The van der Waals surface area contributed by atoms with Gasteiger partial charge in [0.15, 0.2) is 6.04 Å². The molecule has 1 amide bonds. The van der Waals surface area contributed by atoms with Crippen LogP contribution in [0.4, 0.5) is 0 Å². The van der Waals surface area contributed by atoms with Crippen molar-refractivity contribution in [3.63, 3.8) is 0 Å². The van der Waals surface area contributed by atoms with Crippen molar-refractivity contribution in [1.82, 2.24) is 5.32 Å². The van der Waals surface area contributed by atoms with Crippen molar-refractivity contribution >= 4 is 29.3 Å². The van der Waals surface area contributed by atoms with Gasteiger partial charge in [-0.3, -0.25) is 4.79 Å². The molecule has 2 aliphatic rings. The Morgan fingerprint density at radius 1 is 1.36 bits per heavy atom. The van der Waals surface area contributed by atoms with Gasteiger partial charge >= 0.3 is 0 Å². The number of nitrogens with zero attached hydrogens (tertiary/aromatic N) is 1. The number of hydrogen-bond donors (Lipinski definition) is 4. The number of hydrogen-bond acceptors (Lipinski definition) is 7. The number of hydroxylamine groups is 3. The lowest BCUT2D eigenvalue weighted by Crippen LogP contribution is -2.65. The summed E-state index contributed by atoms with van der Waals surface area (Å²) in [4.78, 5) is 12.9. The van der Waals surface area contributed by atoms with E-state index in [-0.39, 0.29) is 5.92 Å². The van der Waals surface area contributed by atoms with Gasteiger partial charge in [0, 0.05) is 12.3 Å². The number of alkyl halides is 1. The van der Waals surface area contributed by atoms with Crippen LogP contribution in [-0.4, -0.2) is 93.0 Å². The lowest BCUT2D eigenvalue weighted by molar-refractivity contribution is -0.865. The number of rotatable bonds is 7. The molecule has 1 unspecified atom stereocenters. The van der Waals surface area contributed by atoms with Gasteiger partial charge in [-0.25, -0.2) is 0 Å². The summed E-state index contributed by atoms with van der Waals surface area (Å²) in [5, 5.41) is 45.6. The number of thioether (sulfide) groups is 1. The molecule has 0 aromatic rings. The van der Waals surface area contributed by atoms with Crippen molar-refractivity contribution < 1.29 is 29.5 Å². The molecule has 0 spiro atoms. The van der Waals surface area contributed by atoms with Gasteiger partial charge < -0.3 is 35.2 Å². The summed E-state index contributed by atoms with van der Waals surface area (Å²) >= 11 is 7.47. The lowest BCUT2D eigenvalue weighted by Gasteiger charge is -2.45. The van der Waals surface area contributed by atoms with E-state index in [0.717, 1.165) is 12.8 Å². The second-order valence-electron chi connectivity index (χ2n) is 8.15. The molecule has 10 heteroatoms.